The molecule has 4 nitrogen and oxygen atoms in total. The van der Waals surface area contributed by atoms with E-state index in [-0.39, 0.29) is 5.56 Å². The lowest BCUT2D eigenvalue weighted by atomic mass is 10.2. The lowest BCUT2D eigenvalue weighted by molar-refractivity contribution is 0.102. The molecule has 120 valence electrons. The molecule has 0 spiro atoms. The van der Waals surface area contributed by atoms with E-state index in [1.165, 1.54) is 23.9 Å². The molecule has 0 atom stereocenters. The van der Waals surface area contributed by atoms with Gasteiger partial charge in [0, 0.05) is 21.0 Å². The predicted octanol–water partition coefficient (Wildman–Crippen LogP) is 4.33. The van der Waals surface area contributed by atoms with Crippen LogP contribution in [0.15, 0.2) is 39.7 Å². The van der Waals surface area contributed by atoms with Gasteiger partial charge in [-0.15, -0.1) is 11.8 Å². The Morgan fingerprint density at radius 3 is 2.52 bits per heavy atom. The van der Waals surface area contributed by atoms with Crippen molar-refractivity contribution < 1.29 is 18.7 Å². The Labute approximate surface area is 145 Å². The van der Waals surface area contributed by atoms with E-state index in [0.29, 0.717) is 34.9 Å². The average Bonchev–Trinajstić information content (AvgIpc) is 2.53. The second-order valence-electron chi connectivity index (χ2n) is 4.81. The van der Waals surface area contributed by atoms with Gasteiger partial charge in [-0.25, -0.2) is 4.39 Å². The molecule has 2 aromatic rings. The van der Waals surface area contributed by atoms with Crippen LogP contribution in [-0.4, -0.2) is 25.4 Å². The summed E-state index contributed by atoms with van der Waals surface area (Å²) < 4.78 is 25.0. The zero-order valence-electron chi connectivity index (χ0n) is 12.2. The van der Waals surface area contributed by atoms with E-state index in [1.807, 2.05) is 12.3 Å². The summed E-state index contributed by atoms with van der Waals surface area (Å²) in [6, 6.07) is 7.61. The van der Waals surface area contributed by atoms with Crippen LogP contribution in [0.2, 0.25) is 0 Å². The third-order valence-electron chi connectivity index (χ3n) is 3.24. The molecule has 2 aromatic carbocycles. The summed E-state index contributed by atoms with van der Waals surface area (Å²) in [4.78, 5) is 13.2. The second kappa shape index (κ2) is 6.80. The fraction of sp³-hybridized carbons (Fsp3) is 0.188. The minimum absolute atomic E-state index is 0.235. The molecule has 1 heterocycles. The van der Waals surface area contributed by atoms with Gasteiger partial charge in [0.15, 0.2) is 11.5 Å². The van der Waals surface area contributed by atoms with Gasteiger partial charge in [-0.3, -0.25) is 4.79 Å². The number of carbonyl (C=O) groups excluding carboxylic acids is 1. The summed E-state index contributed by atoms with van der Waals surface area (Å²) >= 11 is 4.66. The topological polar surface area (TPSA) is 47.6 Å². The highest BCUT2D eigenvalue weighted by Gasteiger charge is 2.18. The molecular weight excluding hydrogens is 385 g/mol. The van der Waals surface area contributed by atoms with Crippen LogP contribution in [0.5, 0.6) is 11.5 Å². The van der Waals surface area contributed by atoms with E-state index in [0.717, 1.165) is 4.90 Å². The number of amides is 1. The van der Waals surface area contributed by atoms with Crippen molar-refractivity contribution in [3.8, 4) is 11.5 Å². The Bertz CT molecular complexity index is 749. The van der Waals surface area contributed by atoms with Gasteiger partial charge in [0.05, 0.1) is 5.69 Å². The molecule has 23 heavy (non-hydrogen) atoms. The zero-order valence-corrected chi connectivity index (χ0v) is 14.6. The minimum Gasteiger partial charge on any atom is -0.486 e. The van der Waals surface area contributed by atoms with Crippen LogP contribution in [0.4, 0.5) is 10.1 Å². The van der Waals surface area contributed by atoms with Crippen LogP contribution >= 0.6 is 27.7 Å². The van der Waals surface area contributed by atoms with Crippen LogP contribution in [0.25, 0.3) is 0 Å². The molecule has 1 aliphatic heterocycles. The maximum absolute atomic E-state index is 13.4. The highest BCUT2D eigenvalue weighted by atomic mass is 79.9. The maximum atomic E-state index is 13.4. The Kier molecular flexibility index (Phi) is 4.77. The fourth-order valence-corrected chi connectivity index (χ4v) is 3.24. The van der Waals surface area contributed by atoms with Crippen LogP contribution in [0, 0.1) is 5.82 Å². The van der Waals surface area contributed by atoms with Gasteiger partial charge in [-0.05, 0) is 30.5 Å². The van der Waals surface area contributed by atoms with E-state index in [4.69, 9.17) is 9.47 Å². The number of thioether (sulfide) groups is 1. The van der Waals surface area contributed by atoms with E-state index in [1.54, 1.807) is 12.1 Å². The van der Waals surface area contributed by atoms with E-state index >= 15 is 0 Å². The number of nitrogens with one attached hydrogen (secondary N) is 1. The first kappa shape index (κ1) is 16.1. The van der Waals surface area contributed by atoms with Gasteiger partial charge in [-0.1, -0.05) is 15.9 Å². The molecule has 0 aromatic heterocycles. The molecule has 0 aliphatic carbocycles. The van der Waals surface area contributed by atoms with Gasteiger partial charge in [0.25, 0.3) is 5.91 Å². The quantitative estimate of drug-likeness (QED) is 0.782. The first-order valence-corrected chi connectivity index (χ1v) is 8.83. The van der Waals surface area contributed by atoms with Gasteiger partial charge < -0.3 is 14.8 Å². The summed E-state index contributed by atoms with van der Waals surface area (Å²) in [5.41, 5.74) is 0.839. The number of ether oxygens (including phenoxy) is 2. The summed E-state index contributed by atoms with van der Waals surface area (Å²) in [5, 5.41) is 2.80. The van der Waals surface area contributed by atoms with E-state index in [2.05, 4.69) is 21.2 Å². The van der Waals surface area contributed by atoms with Crippen LogP contribution in [0.3, 0.4) is 0 Å². The first-order valence-electron chi connectivity index (χ1n) is 6.82. The molecule has 0 radical (unpaired) electrons. The minimum atomic E-state index is -0.475. The van der Waals surface area contributed by atoms with Crippen LogP contribution in [0.1, 0.15) is 10.4 Å². The van der Waals surface area contributed by atoms with Gasteiger partial charge >= 0.3 is 0 Å². The lowest BCUT2D eigenvalue weighted by Crippen LogP contribution is -2.17. The van der Waals surface area contributed by atoms with Crippen molar-refractivity contribution >= 4 is 39.3 Å². The summed E-state index contributed by atoms with van der Waals surface area (Å²) in [6.45, 7) is 0.972. The van der Waals surface area contributed by atoms with Crippen molar-refractivity contribution in [2.45, 2.75) is 4.90 Å². The van der Waals surface area contributed by atoms with Crippen molar-refractivity contribution in [1.82, 2.24) is 0 Å². The molecule has 7 heteroatoms. The molecule has 0 saturated heterocycles. The summed E-state index contributed by atoms with van der Waals surface area (Å²) in [6.07, 6.45) is 1.90. The Morgan fingerprint density at radius 1 is 1.17 bits per heavy atom. The average molecular weight is 398 g/mol. The second-order valence-corrected chi connectivity index (χ2v) is 6.57. The maximum Gasteiger partial charge on any atom is 0.255 e. The van der Waals surface area contributed by atoms with Crippen molar-refractivity contribution in [3.63, 3.8) is 0 Å². The van der Waals surface area contributed by atoms with Gasteiger partial charge in [-0.2, -0.15) is 0 Å². The highest BCUT2D eigenvalue weighted by Crippen LogP contribution is 2.39. The van der Waals surface area contributed by atoms with Crippen molar-refractivity contribution in [1.29, 1.82) is 0 Å². The molecule has 0 bridgehead atoms. The monoisotopic (exact) mass is 397 g/mol. The van der Waals surface area contributed by atoms with Crippen LogP contribution in [-0.2, 0) is 0 Å². The Morgan fingerprint density at radius 2 is 1.87 bits per heavy atom. The Hall–Kier alpha value is -1.73. The van der Waals surface area contributed by atoms with Gasteiger partial charge in [0.1, 0.15) is 19.0 Å². The fourth-order valence-electron chi connectivity index (χ4n) is 2.22. The number of hydrogen-bond donors (Lipinski definition) is 1. The van der Waals surface area contributed by atoms with Crippen molar-refractivity contribution in [3.05, 3.63) is 46.2 Å². The summed E-state index contributed by atoms with van der Waals surface area (Å²) in [7, 11) is 0. The molecule has 1 amide bonds. The molecular formula is C16H13BrFNO3S. The highest BCUT2D eigenvalue weighted by molar-refractivity contribution is 9.10. The molecule has 1 aliphatic rings. The third-order valence-corrected chi connectivity index (χ3v) is 4.47. The normalized spacial score (nSPS) is 12.8. The molecule has 1 N–H and O–H groups in total. The lowest BCUT2D eigenvalue weighted by Gasteiger charge is -2.21. The largest absolute Gasteiger partial charge is 0.486 e. The van der Waals surface area contributed by atoms with E-state index in [9.17, 15) is 9.18 Å². The van der Waals surface area contributed by atoms with Gasteiger partial charge in [0.2, 0.25) is 0 Å². The first-order chi connectivity index (χ1) is 11.1. The van der Waals surface area contributed by atoms with Crippen molar-refractivity contribution in [2.24, 2.45) is 0 Å². The van der Waals surface area contributed by atoms with E-state index < -0.39 is 11.7 Å². The zero-order chi connectivity index (χ0) is 16.4. The third kappa shape index (κ3) is 3.61. The number of fused-ring (bicyclic) bond motifs is 1. The summed E-state index contributed by atoms with van der Waals surface area (Å²) in [5.74, 6) is 0.380. The number of hydrogen-bond acceptors (Lipinski definition) is 4. The number of anilines is 1. The van der Waals surface area contributed by atoms with Crippen molar-refractivity contribution in [2.75, 3.05) is 24.8 Å². The Balaban J connectivity index is 1.90. The number of benzene rings is 2. The molecule has 0 saturated carbocycles. The standard InChI is InChI=1S/C16H13BrFNO3S/c1-23-15-8-14-13(21-2-3-22-14)7-12(15)19-16(20)9-4-10(17)6-11(18)5-9/h4-8H,2-3H2,1H3,(H,19,20). The molecule has 0 unspecified atom stereocenters. The SMILES string of the molecule is CSc1cc2c(cc1NC(=O)c1cc(F)cc(Br)c1)OCCO2. The number of carbonyl (C=O) groups is 1. The van der Waals surface area contributed by atoms with Crippen LogP contribution < -0.4 is 14.8 Å². The number of halogens is 2. The predicted molar refractivity (Wildman–Crippen MR) is 91.3 cm³/mol. The molecule has 0 fully saturated rings. The number of rotatable bonds is 3. The molecule has 3 rings (SSSR count). The smallest absolute Gasteiger partial charge is 0.255 e.